The van der Waals surface area contributed by atoms with Gasteiger partial charge in [0, 0.05) is 19.3 Å². The van der Waals surface area contributed by atoms with Crippen molar-refractivity contribution in [1.82, 2.24) is 0 Å². The van der Waals surface area contributed by atoms with E-state index in [0.29, 0.717) is 19.3 Å². The Balaban J connectivity index is 4.00. The third-order valence-electron chi connectivity index (χ3n) is 15.6. The lowest BCUT2D eigenvalue weighted by Gasteiger charge is -2.18. The second-order valence-corrected chi connectivity index (χ2v) is 23.8. The van der Waals surface area contributed by atoms with Crippen LogP contribution in [0, 0.1) is 0 Å². The Hall–Kier alpha value is -3.41. The van der Waals surface area contributed by atoms with Gasteiger partial charge in [0.1, 0.15) is 13.2 Å². The summed E-state index contributed by atoms with van der Waals surface area (Å²) in [5.74, 6) is -0.865. The van der Waals surface area contributed by atoms with Gasteiger partial charge in [0.25, 0.3) is 0 Å². The molecule has 0 aliphatic rings. The molecule has 0 N–H and O–H groups in total. The van der Waals surface area contributed by atoms with Gasteiger partial charge < -0.3 is 14.2 Å². The zero-order valence-corrected chi connectivity index (χ0v) is 54.5. The van der Waals surface area contributed by atoms with Crippen LogP contribution in [0.25, 0.3) is 0 Å². The van der Waals surface area contributed by atoms with Crippen molar-refractivity contribution in [3.05, 3.63) is 85.1 Å². The highest BCUT2D eigenvalue weighted by atomic mass is 16.6. The molecule has 0 heterocycles. The van der Waals surface area contributed by atoms with E-state index in [0.717, 1.165) is 96.3 Å². The topological polar surface area (TPSA) is 78.9 Å². The molecule has 82 heavy (non-hydrogen) atoms. The molecule has 0 aliphatic carbocycles. The van der Waals surface area contributed by atoms with Gasteiger partial charge in [0.2, 0.25) is 0 Å². The van der Waals surface area contributed by atoms with E-state index in [-0.39, 0.29) is 31.1 Å². The summed E-state index contributed by atoms with van der Waals surface area (Å²) in [6, 6.07) is 0. The number of rotatable bonds is 65. The number of unbranched alkanes of at least 4 members (excludes halogenated alkanes) is 40. The Morgan fingerprint density at radius 3 is 0.756 bits per heavy atom. The lowest BCUT2D eigenvalue weighted by molar-refractivity contribution is -0.167. The van der Waals surface area contributed by atoms with E-state index in [4.69, 9.17) is 14.2 Å². The van der Waals surface area contributed by atoms with E-state index in [9.17, 15) is 14.4 Å². The second kappa shape index (κ2) is 70.1. The van der Waals surface area contributed by atoms with Gasteiger partial charge in [0.15, 0.2) is 6.10 Å². The van der Waals surface area contributed by atoms with Crippen LogP contribution >= 0.6 is 0 Å². The average molecular weight is 1140 g/mol. The third kappa shape index (κ3) is 67.4. The molecule has 6 heteroatoms. The highest BCUT2D eigenvalue weighted by Gasteiger charge is 2.19. The van der Waals surface area contributed by atoms with Crippen LogP contribution in [-0.4, -0.2) is 37.2 Å². The van der Waals surface area contributed by atoms with Crippen LogP contribution in [0.4, 0.5) is 0 Å². The summed E-state index contributed by atoms with van der Waals surface area (Å²) in [6.07, 6.45) is 93.7. The molecule has 0 aliphatic heterocycles. The largest absolute Gasteiger partial charge is 0.462 e. The van der Waals surface area contributed by atoms with E-state index >= 15 is 0 Å². The number of allylic oxidation sites excluding steroid dienone is 14. The number of ether oxygens (including phenoxy) is 3. The molecule has 0 aromatic rings. The summed E-state index contributed by atoms with van der Waals surface area (Å²) in [7, 11) is 0. The van der Waals surface area contributed by atoms with Crippen LogP contribution in [0.5, 0.6) is 0 Å². The summed E-state index contributed by atoms with van der Waals surface area (Å²) in [4.78, 5) is 38.1. The quantitative estimate of drug-likeness (QED) is 0.0261. The maximum absolute atomic E-state index is 12.9. The van der Waals surface area contributed by atoms with Gasteiger partial charge >= 0.3 is 17.9 Å². The Labute approximate surface area is 509 Å². The fourth-order valence-corrected chi connectivity index (χ4v) is 10.3. The fourth-order valence-electron chi connectivity index (χ4n) is 10.3. The van der Waals surface area contributed by atoms with Gasteiger partial charge in [-0.25, -0.2) is 0 Å². The number of hydrogen-bond donors (Lipinski definition) is 0. The predicted octanol–water partition coefficient (Wildman–Crippen LogP) is 24.6. The van der Waals surface area contributed by atoms with Crippen molar-refractivity contribution in [2.24, 2.45) is 0 Å². The van der Waals surface area contributed by atoms with Crippen molar-refractivity contribution < 1.29 is 28.6 Å². The van der Waals surface area contributed by atoms with Gasteiger partial charge in [-0.3, -0.25) is 14.4 Å². The van der Waals surface area contributed by atoms with Gasteiger partial charge in [-0.2, -0.15) is 0 Å². The smallest absolute Gasteiger partial charge is 0.306 e. The molecule has 1 atom stereocenters. The lowest BCUT2D eigenvalue weighted by atomic mass is 10.0. The first kappa shape index (κ1) is 78.6. The molecule has 0 aromatic heterocycles. The number of hydrogen-bond acceptors (Lipinski definition) is 6. The molecule has 1 unspecified atom stereocenters. The monoisotopic (exact) mass is 1140 g/mol. The Morgan fingerprint density at radius 1 is 0.256 bits per heavy atom. The number of esters is 3. The zero-order valence-electron chi connectivity index (χ0n) is 54.5. The molecule has 0 spiro atoms. The summed E-state index contributed by atoms with van der Waals surface area (Å²) in [5.41, 5.74) is 0. The maximum atomic E-state index is 12.9. The van der Waals surface area contributed by atoms with Gasteiger partial charge in [-0.05, 0) is 96.3 Å². The van der Waals surface area contributed by atoms with Crippen LogP contribution in [0.1, 0.15) is 361 Å². The summed E-state index contributed by atoms with van der Waals surface area (Å²) in [6.45, 7) is 6.51. The molecule has 0 amide bonds. The SMILES string of the molecule is CC/C=C\C/C=C\C/C=C\C/C=C\C/C=C\C/C=C\CCCCCCCCCCCCCCCCC(=O)OCC(COC(=O)CCCCCCCC)OC(=O)CCCCCCCCCCCCCCC/C=C\CCCCCCCCCC. The molecule has 0 rings (SSSR count). The molecule has 0 radical (unpaired) electrons. The standard InChI is InChI=1S/C76H134O6/c1-4-7-10-13-16-18-20-22-24-26-28-30-32-34-35-36-37-38-39-40-41-43-44-46-48-50-52-54-56-58-60-63-66-69-75(78)81-72-73(71-80-74(77)68-65-62-15-12-9-6-3)82-76(79)70-67-64-61-59-57-55-53-51-49-47-45-42-33-31-29-27-25-23-21-19-17-14-11-8-5-2/h7,10,16,18,22,24,27-30,34-35,37-38,73H,4-6,8-9,11-15,17,19-21,23,25-26,31-33,36,39-72H2,1-3H3/b10-7-,18-16-,24-22-,29-27-,30-28-,35-34-,38-37-. The first-order chi connectivity index (χ1) is 40.5. The van der Waals surface area contributed by atoms with E-state index in [1.807, 2.05) is 0 Å². The maximum Gasteiger partial charge on any atom is 0.306 e. The molecule has 6 nitrogen and oxygen atoms in total. The van der Waals surface area contributed by atoms with Gasteiger partial charge in [-0.1, -0.05) is 331 Å². The minimum atomic E-state index is -0.772. The molecular weight excluding hydrogens is 1010 g/mol. The molecule has 0 saturated carbocycles. The van der Waals surface area contributed by atoms with Gasteiger partial charge in [-0.15, -0.1) is 0 Å². The van der Waals surface area contributed by atoms with Crippen LogP contribution in [0.3, 0.4) is 0 Å². The van der Waals surface area contributed by atoms with E-state index < -0.39 is 6.10 Å². The van der Waals surface area contributed by atoms with E-state index in [2.05, 4.69) is 106 Å². The van der Waals surface area contributed by atoms with Crippen molar-refractivity contribution in [2.45, 2.75) is 367 Å². The first-order valence-corrected chi connectivity index (χ1v) is 35.6. The molecule has 0 aromatic carbocycles. The van der Waals surface area contributed by atoms with Crippen molar-refractivity contribution in [3.8, 4) is 0 Å². The average Bonchev–Trinajstić information content (AvgIpc) is 3.47. The zero-order chi connectivity index (χ0) is 59.2. The summed E-state index contributed by atoms with van der Waals surface area (Å²) in [5, 5.41) is 0. The number of carbonyl (C=O) groups excluding carboxylic acids is 3. The molecule has 0 fully saturated rings. The van der Waals surface area contributed by atoms with E-state index in [1.54, 1.807) is 0 Å². The summed E-state index contributed by atoms with van der Waals surface area (Å²) < 4.78 is 16.9. The molecule has 474 valence electrons. The van der Waals surface area contributed by atoms with Crippen molar-refractivity contribution in [1.29, 1.82) is 0 Å². The molecule has 0 bridgehead atoms. The van der Waals surface area contributed by atoms with Gasteiger partial charge in [0.05, 0.1) is 0 Å². The van der Waals surface area contributed by atoms with E-state index in [1.165, 1.54) is 225 Å². The fraction of sp³-hybridized carbons (Fsp3) is 0.776. The van der Waals surface area contributed by atoms with Crippen LogP contribution in [0.15, 0.2) is 85.1 Å². The van der Waals surface area contributed by atoms with Crippen molar-refractivity contribution in [2.75, 3.05) is 13.2 Å². The minimum Gasteiger partial charge on any atom is -0.462 e. The molecular formula is C76H134O6. The normalized spacial score (nSPS) is 12.6. The summed E-state index contributed by atoms with van der Waals surface area (Å²) >= 11 is 0. The van der Waals surface area contributed by atoms with Crippen LogP contribution in [0.2, 0.25) is 0 Å². The minimum absolute atomic E-state index is 0.0723. The highest BCUT2D eigenvalue weighted by molar-refractivity contribution is 5.71. The Morgan fingerprint density at radius 2 is 0.476 bits per heavy atom. The third-order valence-corrected chi connectivity index (χ3v) is 15.6. The van der Waals surface area contributed by atoms with Crippen LogP contribution in [-0.2, 0) is 28.6 Å². The Bertz CT molecular complexity index is 1550. The predicted molar refractivity (Wildman–Crippen MR) is 358 cm³/mol. The molecule has 0 saturated heterocycles. The number of carbonyl (C=O) groups is 3. The van der Waals surface area contributed by atoms with Crippen LogP contribution < -0.4 is 0 Å². The Kier molecular flexibility index (Phi) is 67.2. The lowest BCUT2D eigenvalue weighted by Crippen LogP contribution is -2.30. The highest BCUT2D eigenvalue weighted by Crippen LogP contribution is 2.18. The first-order valence-electron chi connectivity index (χ1n) is 35.6. The second-order valence-electron chi connectivity index (χ2n) is 23.8. The van der Waals surface area contributed by atoms with Crippen molar-refractivity contribution >= 4 is 17.9 Å². The van der Waals surface area contributed by atoms with Crippen molar-refractivity contribution in [3.63, 3.8) is 0 Å².